The van der Waals surface area contributed by atoms with Crippen LogP contribution in [0.1, 0.15) is 15.9 Å². The van der Waals surface area contributed by atoms with Crippen LogP contribution in [0.5, 0.6) is 0 Å². The second-order valence-corrected chi connectivity index (χ2v) is 5.30. The highest BCUT2D eigenvalue weighted by Crippen LogP contribution is 2.19. The lowest BCUT2D eigenvalue weighted by Crippen LogP contribution is -2.04. The molecule has 0 aromatic heterocycles. The van der Waals surface area contributed by atoms with Crippen molar-refractivity contribution >= 4 is 26.7 Å². The largest absolute Gasteiger partial charge is 0.276 e. The first kappa shape index (κ1) is 11.2. The van der Waals surface area contributed by atoms with Crippen molar-refractivity contribution in [2.24, 2.45) is 0 Å². The summed E-state index contributed by atoms with van der Waals surface area (Å²) in [4.78, 5) is 11.1. The highest BCUT2D eigenvalue weighted by atomic mass is 35.5. The van der Waals surface area contributed by atoms with E-state index in [1.165, 1.54) is 18.2 Å². The van der Waals surface area contributed by atoms with Gasteiger partial charge in [0.25, 0.3) is 5.24 Å². The van der Waals surface area contributed by atoms with Gasteiger partial charge in [-0.25, -0.2) is 8.42 Å². The standard InChI is InChI=1S/C9H9ClO3S/c1-6-7(9(10)11)4-3-5-8(6)14(2,12)13/h3-5H,1-2H3. The van der Waals surface area contributed by atoms with E-state index in [4.69, 9.17) is 11.6 Å². The molecule has 0 saturated heterocycles. The van der Waals surface area contributed by atoms with Gasteiger partial charge in [-0.3, -0.25) is 4.79 Å². The Hall–Kier alpha value is -0.870. The number of carbonyl (C=O) groups is 1. The maximum Gasteiger partial charge on any atom is 0.252 e. The normalized spacial score (nSPS) is 11.4. The van der Waals surface area contributed by atoms with Crippen molar-refractivity contribution < 1.29 is 13.2 Å². The van der Waals surface area contributed by atoms with E-state index < -0.39 is 15.1 Å². The Bertz CT molecular complexity index is 477. The molecule has 1 rings (SSSR count). The number of sulfone groups is 1. The maximum absolute atomic E-state index is 11.3. The quantitative estimate of drug-likeness (QED) is 0.731. The first-order valence-electron chi connectivity index (χ1n) is 3.83. The van der Waals surface area contributed by atoms with E-state index in [0.29, 0.717) is 5.56 Å². The monoisotopic (exact) mass is 232 g/mol. The van der Waals surface area contributed by atoms with Gasteiger partial charge in [-0.1, -0.05) is 6.07 Å². The van der Waals surface area contributed by atoms with Gasteiger partial charge in [-0.15, -0.1) is 0 Å². The molecule has 0 aliphatic carbocycles. The summed E-state index contributed by atoms with van der Waals surface area (Å²) < 4.78 is 22.5. The lowest BCUT2D eigenvalue weighted by Gasteiger charge is -2.05. The third-order valence-corrected chi connectivity index (χ3v) is 3.34. The summed E-state index contributed by atoms with van der Waals surface area (Å²) in [6.45, 7) is 1.56. The molecule has 0 spiro atoms. The molecular formula is C9H9ClO3S. The summed E-state index contributed by atoms with van der Waals surface area (Å²) in [6.07, 6.45) is 1.10. The van der Waals surface area contributed by atoms with E-state index in [1.54, 1.807) is 6.92 Å². The summed E-state index contributed by atoms with van der Waals surface area (Å²) >= 11 is 5.30. The topological polar surface area (TPSA) is 51.2 Å². The van der Waals surface area contributed by atoms with Gasteiger partial charge in [0.05, 0.1) is 4.90 Å². The molecule has 0 unspecified atom stereocenters. The van der Waals surface area contributed by atoms with Crippen molar-refractivity contribution in [1.82, 2.24) is 0 Å². The van der Waals surface area contributed by atoms with Crippen LogP contribution in [-0.4, -0.2) is 19.9 Å². The lowest BCUT2D eigenvalue weighted by molar-refractivity contribution is 0.108. The van der Waals surface area contributed by atoms with Crippen LogP contribution in [0.3, 0.4) is 0 Å². The van der Waals surface area contributed by atoms with Crippen LogP contribution >= 0.6 is 11.6 Å². The first-order valence-corrected chi connectivity index (χ1v) is 6.10. The highest BCUT2D eigenvalue weighted by Gasteiger charge is 2.15. The molecule has 0 heterocycles. The lowest BCUT2D eigenvalue weighted by atomic mass is 10.1. The Labute approximate surface area is 87.6 Å². The molecule has 0 radical (unpaired) electrons. The van der Waals surface area contributed by atoms with E-state index in [9.17, 15) is 13.2 Å². The van der Waals surface area contributed by atoms with Crippen LogP contribution in [0, 0.1) is 6.92 Å². The molecule has 0 fully saturated rings. The fraction of sp³-hybridized carbons (Fsp3) is 0.222. The van der Waals surface area contributed by atoms with Crippen molar-refractivity contribution in [3.8, 4) is 0 Å². The van der Waals surface area contributed by atoms with E-state index in [-0.39, 0.29) is 10.5 Å². The van der Waals surface area contributed by atoms with Gasteiger partial charge in [0.1, 0.15) is 0 Å². The smallest absolute Gasteiger partial charge is 0.252 e. The molecule has 0 aliphatic rings. The zero-order chi connectivity index (χ0) is 10.9. The van der Waals surface area contributed by atoms with Gasteiger partial charge in [0, 0.05) is 11.8 Å². The summed E-state index contributed by atoms with van der Waals surface area (Å²) in [6, 6.07) is 4.45. The summed E-state index contributed by atoms with van der Waals surface area (Å²) in [7, 11) is -3.30. The Kier molecular flexibility index (Phi) is 2.97. The van der Waals surface area contributed by atoms with Gasteiger partial charge < -0.3 is 0 Å². The van der Waals surface area contributed by atoms with Crippen LogP contribution in [-0.2, 0) is 9.84 Å². The van der Waals surface area contributed by atoms with E-state index >= 15 is 0 Å². The first-order chi connectivity index (χ1) is 6.34. The van der Waals surface area contributed by atoms with Gasteiger partial charge in [-0.2, -0.15) is 0 Å². The number of hydrogen-bond acceptors (Lipinski definition) is 3. The average molecular weight is 233 g/mol. The second-order valence-electron chi connectivity index (χ2n) is 2.97. The van der Waals surface area contributed by atoms with Crippen molar-refractivity contribution in [2.75, 3.05) is 6.26 Å². The Morgan fingerprint density at radius 3 is 2.36 bits per heavy atom. The van der Waals surface area contributed by atoms with Crippen LogP contribution in [0.15, 0.2) is 23.1 Å². The van der Waals surface area contributed by atoms with Crippen LogP contribution in [0.25, 0.3) is 0 Å². The van der Waals surface area contributed by atoms with E-state index in [2.05, 4.69) is 0 Å². The second kappa shape index (κ2) is 3.71. The van der Waals surface area contributed by atoms with Gasteiger partial charge in [0.15, 0.2) is 9.84 Å². The van der Waals surface area contributed by atoms with E-state index in [0.717, 1.165) is 6.26 Å². The highest BCUT2D eigenvalue weighted by molar-refractivity contribution is 7.90. The maximum atomic E-state index is 11.3. The molecule has 3 nitrogen and oxygen atoms in total. The number of hydrogen-bond donors (Lipinski definition) is 0. The molecule has 76 valence electrons. The number of carbonyl (C=O) groups excluding carboxylic acids is 1. The zero-order valence-electron chi connectivity index (χ0n) is 7.74. The molecule has 0 N–H and O–H groups in total. The van der Waals surface area contributed by atoms with E-state index in [1.807, 2.05) is 0 Å². The summed E-state index contributed by atoms with van der Waals surface area (Å²) in [5.41, 5.74) is 0.629. The molecule has 1 aromatic rings. The molecular weight excluding hydrogens is 224 g/mol. The number of benzene rings is 1. The SMILES string of the molecule is Cc1c(C(=O)Cl)cccc1S(C)(=O)=O. The van der Waals surface area contributed by atoms with Crippen molar-refractivity contribution in [3.63, 3.8) is 0 Å². The fourth-order valence-electron chi connectivity index (χ4n) is 1.23. The molecule has 14 heavy (non-hydrogen) atoms. The van der Waals surface area contributed by atoms with Crippen LogP contribution in [0.2, 0.25) is 0 Å². The third-order valence-electron chi connectivity index (χ3n) is 1.90. The molecule has 1 aromatic carbocycles. The molecule has 0 bridgehead atoms. The van der Waals surface area contributed by atoms with Gasteiger partial charge >= 0.3 is 0 Å². The fourth-order valence-corrected chi connectivity index (χ4v) is 2.43. The number of halogens is 1. The summed E-state index contributed by atoms with van der Waals surface area (Å²) in [5.74, 6) is 0. The zero-order valence-corrected chi connectivity index (χ0v) is 9.32. The van der Waals surface area contributed by atoms with Gasteiger partial charge in [-0.05, 0) is 36.2 Å². The molecule has 0 aliphatic heterocycles. The predicted molar refractivity (Wildman–Crippen MR) is 54.5 cm³/mol. The van der Waals surface area contributed by atoms with Crippen molar-refractivity contribution in [3.05, 3.63) is 29.3 Å². The summed E-state index contributed by atoms with van der Waals surface area (Å²) in [5, 5.41) is -0.645. The molecule has 0 amide bonds. The van der Waals surface area contributed by atoms with Crippen LogP contribution in [0.4, 0.5) is 0 Å². The van der Waals surface area contributed by atoms with Crippen molar-refractivity contribution in [2.45, 2.75) is 11.8 Å². The third kappa shape index (κ3) is 2.13. The van der Waals surface area contributed by atoms with Crippen LogP contribution < -0.4 is 0 Å². The minimum atomic E-state index is -3.30. The number of rotatable bonds is 2. The average Bonchev–Trinajstić information content (AvgIpc) is 2.01. The Morgan fingerprint density at radius 1 is 1.36 bits per heavy atom. The molecule has 0 saturated carbocycles. The molecule has 5 heteroatoms. The predicted octanol–water partition coefficient (Wildman–Crippen LogP) is 1.78. The minimum Gasteiger partial charge on any atom is -0.276 e. The minimum absolute atomic E-state index is 0.143. The Morgan fingerprint density at radius 2 is 1.93 bits per heavy atom. The Balaban J connectivity index is 3.51. The molecule has 0 atom stereocenters. The van der Waals surface area contributed by atoms with Crippen molar-refractivity contribution in [1.29, 1.82) is 0 Å². The van der Waals surface area contributed by atoms with Gasteiger partial charge in [0.2, 0.25) is 0 Å².